The molecule has 0 fully saturated rings. The number of thiazole rings is 1. The normalized spacial score (nSPS) is 19.5. The SMILES string of the molecule is CC(N)c1nc(CN2c3ccccc3CC2C)cs1. The van der Waals surface area contributed by atoms with E-state index in [0.29, 0.717) is 6.04 Å². The molecule has 2 aromatic rings. The van der Waals surface area contributed by atoms with Crippen molar-refractivity contribution < 1.29 is 0 Å². The third kappa shape index (κ3) is 2.38. The van der Waals surface area contributed by atoms with Crippen LogP contribution in [0.15, 0.2) is 29.6 Å². The van der Waals surface area contributed by atoms with Crippen molar-refractivity contribution in [3.8, 4) is 0 Å². The van der Waals surface area contributed by atoms with Crippen LogP contribution in [0.25, 0.3) is 0 Å². The van der Waals surface area contributed by atoms with Crippen molar-refractivity contribution in [3.05, 3.63) is 45.9 Å². The van der Waals surface area contributed by atoms with Crippen LogP contribution in [0, 0.1) is 0 Å². The van der Waals surface area contributed by atoms with Gasteiger partial charge in [0, 0.05) is 17.1 Å². The van der Waals surface area contributed by atoms with E-state index in [1.807, 2.05) is 6.92 Å². The topological polar surface area (TPSA) is 42.1 Å². The molecule has 1 aromatic carbocycles. The van der Waals surface area contributed by atoms with Gasteiger partial charge in [-0.1, -0.05) is 18.2 Å². The number of benzene rings is 1. The molecule has 3 nitrogen and oxygen atoms in total. The van der Waals surface area contributed by atoms with E-state index in [0.717, 1.165) is 23.7 Å². The number of hydrogen-bond donors (Lipinski definition) is 1. The van der Waals surface area contributed by atoms with E-state index in [1.54, 1.807) is 11.3 Å². The molecule has 0 saturated heterocycles. The number of anilines is 1. The van der Waals surface area contributed by atoms with E-state index in [9.17, 15) is 0 Å². The monoisotopic (exact) mass is 273 g/mol. The molecule has 0 saturated carbocycles. The highest BCUT2D eigenvalue weighted by Gasteiger charge is 2.26. The average Bonchev–Trinajstić information content (AvgIpc) is 2.96. The molecule has 1 aliphatic rings. The van der Waals surface area contributed by atoms with Gasteiger partial charge in [-0.05, 0) is 31.9 Å². The van der Waals surface area contributed by atoms with Gasteiger partial charge in [0.25, 0.3) is 0 Å². The van der Waals surface area contributed by atoms with Crippen LogP contribution in [0.3, 0.4) is 0 Å². The number of aromatic nitrogens is 1. The Hall–Kier alpha value is -1.39. The summed E-state index contributed by atoms with van der Waals surface area (Å²) in [5.74, 6) is 0. The Morgan fingerprint density at radius 1 is 1.47 bits per heavy atom. The molecular weight excluding hydrogens is 254 g/mol. The van der Waals surface area contributed by atoms with Gasteiger partial charge in [0.2, 0.25) is 0 Å². The third-order valence-corrected chi connectivity index (χ3v) is 4.73. The van der Waals surface area contributed by atoms with Crippen LogP contribution in [0.5, 0.6) is 0 Å². The predicted molar refractivity (Wildman–Crippen MR) is 80.5 cm³/mol. The summed E-state index contributed by atoms with van der Waals surface area (Å²) in [7, 11) is 0. The van der Waals surface area contributed by atoms with Crippen LogP contribution in [-0.4, -0.2) is 11.0 Å². The van der Waals surface area contributed by atoms with Gasteiger partial charge in [0.1, 0.15) is 5.01 Å². The van der Waals surface area contributed by atoms with E-state index >= 15 is 0 Å². The molecule has 3 rings (SSSR count). The van der Waals surface area contributed by atoms with Crippen molar-refractivity contribution in [2.45, 2.75) is 38.9 Å². The zero-order chi connectivity index (χ0) is 13.4. The van der Waals surface area contributed by atoms with Crippen LogP contribution in [-0.2, 0) is 13.0 Å². The van der Waals surface area contributed by atoms with E-state index in [-0.39, 0.29) is 6.04 Å². The maximum atomic E-state index is 5.87. The minimum Gasteiger partial charge on any atom is -0.362 e. The lowest BCUT2D eigenvalue weighted by Gasteiger charge is -2.23. The minimum atomic E-state index is 0.0297. The molecule has 0 aliphatic carbocycles. The standard InChI is InChI=1S/C15H19N3S/c1-10-7-12-5-3-4-6-14(12)18(10)8-13-9-19-15(17-13)11(2)16/h3-6,9-11H,7-8,16H2,1-2H3. The summed E-state index contributed by atoms with van der Waals surface area (Å²) in [5.41, 5.74) is 9.79. The van der Waals surface area contributed by atoms with Gasteiger partial charge >= 0.3 is 0 Å². The van der Waals surface area contributed by atoms with Gasteiger partial charge in [0.15, 0.2) is 0 Å². The molecule has 100 valence electrons. The zero-order valence-corrected chi connectivity index (χ0v) is 12.2. The van der Waals surface area contributed by atoms with E-state index in [4.69, 9.17) is 5.73 Å². The Bertz CT molecular complexity index is 576. The summed E-state index contributed by atoms with van der Waals surface area (Å²) in [6.07, 6.45) is 1.13. The smallest absolute Gasteiger partial charge is 0.109 e. The lowest BCUT2D eigenvalue weighted by molar-refractivity contribution is 0.663. The van der Waals surface area contributed by atoms with Crippen LogP contribution in [0.4, 0.5) is 5.69 Å². The first-order chi connectivity index (χ1) is 9.15. The highest BCUT2D eigenvalue weighted by atomic mass is 32.1. The number of hydrogen-bond acceptors (Lipinski definition) is 4. The molecule has 19 heavy (non-hydrogen) atoms. The summed E-state index contributed by atoms with van der Waals surface area (Å²) in [4.78, 5) is 7.07. The summed E-state index contributed by atoms with van der Waals surface area (Å²) < 4.78 is 0. The van der Waals surface area contributed by atoms with Gasteiger partial charge in [0.05, 0.1) is 18.3 Å². The number of fused-ring (bicyclic) bond motifs is 1. The van der Waals surface area contributed by atoms with Crippen LogP contribution < -0.4 is 10.6 Å². The summed E-state index contributed by atoms with van der Waals surface area (Å²) in [6, 6.07) is 9.22. The van der Waals surface area contributed by atoms with Gasteiger partial charge < -0.3 is 10.6 Å². The maximum absolute atomic E-state index is 5.87. The van der Waals surface area contributed by atoms with Gasteiger partial charge in [-0.3, -0.25) is 0 Å². The molecule has 1 aliphatic heterocycles. The zero-order valence-electron chi connectivity index (χ0n) is 11.3. The second-order valence-corrected chi connectivity index (χ2v) is 6.17. The average molecular weight is 273 g/mol. The Morgan fingerprint density at radius 3 is 3.00 bits per heavy atom. The molecule has 0 radical (unpaired) electrons. The Labute approximate surface area is 118 Å². The Kier molecular flexibility index (Phi) is 3.29. The van der Waals surface area contributed by atoms with Crippen molar-refractivity contribution in [2.24, 2.45) is 5.73 Å². The van der Waals surface area contributed by atoms with Gasteiger partial charge in [-0.2, -0.15) is 0 Å². The van der Waals surface area contributed by atoms with E-state index in [2.05, 4.69) is 46.5 Å². The fraction of sp³-hybridized carbons (Fsp3) is 0.400. The quantitative estimate of drug-likeness (QED) is 0.934. The molecule has 2 heterocycles. The maximum Gasteiger partial charge on any atom is 0.109 e. The van der Waals surface area contributed by atoms with Crippen molar-refractivity contribution in [1.82, 2.24) is 4.98 Å². The molecule has 0 spiro atoms. The predicted octanol–water partition coefficient (Wildman–Crippen LogP) is 3.11. The first-order valence-corrected chi connectivity index (χ1v) is 7.57. The fourth-order valence-corrected chi connectivity index (χ4v) is 3.42. The molecular formula is C15H19N3S. The van der Waals surface area contributed by atoms with Crippen molar-refractivity contribution in [2.75, 3.05) is 4.90 Å². The second-order valence-electron chi connectivity index (χ2n) is 5.28. The second kappa shape index (κ2) is 4.94. The lowest BCUT2D eigenvalue weighted by Crippen LogP contribution is -2.28. The lowest BCUT2D eigenvalue weighted by atomic mass is 10.1. The van der Waals surface area contributed by atoms with E-state index in [1.165, 1.54) is 11.3 Å². The van der Waals surface area contributed by atoms with Crippen molar-refractivity contribution in [3.63, 3.8) is 0 Å². The van der Waals surface area contributed by atoms with Crippen LogP contribution in [0.1, 0.15) is 36.2 Å². The highest BCUT2D eigenvalue weighted by molar-refractivity contribution is 7.09. The molecule has 2 N–H and O–H groups in total. The van der Waals surface area contributed by atoms with E-state index < -0.39 is 0 Å². The number of nitrogens with two attached hydrogens (primary N) is 1. The summed E-state index contributed by atoms with van der Waals surface area (Å²) in [5, 5.41) is 3.15. The number of rotatable bonds is 3. The van der Waals surface area contributed by atoms with Gasteiger partial charge in [-0.15, -0.1) is 11.3 Å². The van der Waals surface area contributed by atoms with Gasteiger partial charge in [-0.25, -0.2) is 4.98 Å². The fourth-order valence-electron chi connectivity index (χ4n) is 2.65. The molecule has 4 heteroatoms. The molecule has 0 bridgehead atoms. The van der Waals surface area contributed by atoms with Crippen LogP contribution in [0.2, 0.25) is 0 Å². The largest absolute Gasteiger partial charge is 0.362 e. The first-order valence-electron chi connectivity index (χ1n) is 6.69. The van der Waals surface area contributed by atoms with Crippen LogP contribution >= 0.6 is 11.3 Å². The summed E-state index contributed by atoms with van der Waals surface area (Å²) >= 11 is 1.66. The number of nitrogens with zero attached hydrogens (tertiary/aromatic N) is 2. The molecule has 2 atom stereocenters. The highest BCUT2D eigenvalue weighted by Crippen LogP contribution is 2.33. The van der Waals surface area contributed by atoms with Crippen molar-refractivity contribution in [1.29, 1.82) is 0 Å². The molecule has 0 amide bonds. The summed E-state index contributed by atoms with van der Waals surface area (Å²) in [6.45, 7) is 5.14. The minimum absolute atomic E-state index is 0.0297. The Morgan fingerprint density at radius 2 is 2.26 bits per heavy atom. The molecule has 2 unspecified atom stereocenters. The first kappa shape index (κ1) is 12.6. The Balaban J connectivity index is 1.83. The third-order valence-electron chi connectivity index (χ3n) is 3.64. The molecule has 1 aromatic heterocycles. The van der Waals surface area contributed by atoms with Crippen molar-refractivity contribution >= 4 is 17.0 Å². The number of para-hydroxylation sites is 1.